The molecule has 0 unspecified atom stereocenters. The van der Waals surface area contributed by atoms with Gasteiger partial charge in [0.15, 0.2) is 5.69 Å². The van der Waals surface area contributed by atoms with Crippen molar-refractivity contribution in [1.82, 2.24) is 15.1 Å². The van der Waals surface area contributed by atoms with E-state index in [2.05, 4.69) is 5.32 Å². The molecule has 2 atom stereocenters. The predicted molar refractivity (Wildman–Crippen MR) is 116 cm³/mol. The summed E-state index contributed by atoms with van der Waals surface area (Å²) in [5, 5.41) is 9.42. The minimum absolute atomic E-state index is 0.183. The Morgan fingerprint density at radius 1 is 1.07 bits per heavy atom. The predicted octanol–water partition coefficient (Wildman–Crippen LogP) is 6.13. The molecule has 3 aromatic rings. The molecule has 1 heterocycles. The minimum atomic E-state index is -0.183. The smallest absolute Gasteiger partial charge is 0.272 e. The maximum Gasteiger partial charge on any atom is 0.272 e. The van der Waals surface area contributed by atoms with Gasteiger partial charge in [-0.25, -0.2) is 4.68 Å². The molecule has 2 aromatic carbocycles. The van der Waals surface area contributed by atoms with Gasteiger partial charge in [0.25, 0.3) is 5.91 Å². The van der Waals surface area contributed by atoms with Crippen molar-refractivity contribution in [2.45, 2.75) is 37.6 Å². The molecule has 0 aliphatic heterocycles. The highest BCUT2D eigenvalue weighted by Crippen LogP contribution is 2.54. The van der Waals surface area contributed by atoms with E-state index in [1.807, 2.05) is 35.0 Å². The van der Waals surface area contributed by atoms with E-state index in [9.17, 15) is 4.79 Å². The van der Waals surface area contributed by atoms with E-state index in [1.54, 1.807) is 12.1 Å². The first-order valence-electron chi connectivity index (χ1n) is 9.62. The summed E-state index contributed by atoms with van der Waals surface area (Å²) in [7, 11) is 0. The number of halogens is 3. The number of aromatic nitrogens is 2. The first-order valence-corrected chi connectivity index (χ1v) is 10.8. The van der Waals surface area contributed by atoms with E-state index in [0.29, 0.717) is 39.1 Å². The van der Waals surface area contributed by atoms with Gasteiger partial charge in [0, 0.05) is 28.1 Å². The molecule has 2 aliphatic carbocycles. The van der Waals surface area contributed by atoms with Crippen LogP contribution < -0.4 is 5.32 Å². The van der Waals surface area contributed by atoms with Gasteiger partial charge in [0.1, 0.15) is 0 Å². The summed E-state index contributed by atoms with van der Waals surface area (Å²) in [4.78, 5) is 13.1. The van der Waals surface area contributed by atoms with Crippen LogP contribution in [0.5, 0.6) is 0 Å². The SMILES string of the molecule is O=C(NCc1ccccc1Cl)c1nn(-c2ccc(Cl)cc2Cl)c2c1[C@H]1CC[C@H]2C1. The van der Waals surface area contributed by atoms with E-state index < -0.39 is 0 Å². The zero-order valence-electron chi connectivity index (χ0n) is 15.5. The number of fused-ring (bicyclic) bond motifs is 5. The second-order valence-electron chi connectivity index (χ2n) is 7.64. The lowest BCUT2D eigenvalue weighted by Crippen LogP contribution is -2.25. The van der Waals surface area contributed by atoms with Gasteiger partial charge in [-0.05, 0) is 55.0 Å². The largest absolute Gasteiger partial charge is 0.346 e. The highest BCUT2D eigenvalue weighted by atomic mass is 35.5. The van der Waals surface area contributed by atoms with Crippen LogP contribution in [0.3, 0.4) is 0 Å². The molecule has 148 valence electrons. The molecule has 0 radical (unpaired) electrons. The van der Waals surface area contributed by atoms with Crippen molar-refractivity contribution in [3.05, 3.63) is 80.0 Å². The van der Waals surface area contributed by atoms with Gasteiger partial charge in [-0.15, -0.1) is 0 Å². The van der Waals surface area contributed by atoms with Gasteiger partial charge in [0.2, 0.25) is 0 Å². The molecule has 1 N–H and O–H groups in total. The average molecular weight is 447 g/mol. The van der Waals surface area contributed by atoms with Crippen molar-refractivity contribution in [3.63, 3.8) is 0 Å². The number of carbonyl (C=O) groups is 1. The second kappa shape index (κ2) is 7.35. The summed E-state index contributed by atoms with van der Waals surface area (Å²) >= 11 is 18.7. The Labute approximate surface area is 183 Å². The maximum atomic E-state index is 13.1. The van der Waals surface area contributed by atoms with Crippen LogP contribution in [-0.2, 0) is 6.54 Å². The first-order chi connectivity index (χ1) is 14.0. The Kier molecular flexibility index (Phi) is 4.81. The molecule has 1 saturated carbocycles. The van der Waals surface area contributed by atoms with Gasteiger partial charge >= 0.3 is 0 Å². The fraction of sp³-hybridized carbons (Fsp3) is 0.273. The summed E-state index contributed by atoms with van der Waals surface area (Å²) in [5.74, 6) is 0.618. The highest BCUT2D eigenvalue weighted by Gasteiger charge is 2.44. The van der Waals surface area contributed by atoms with E-state index in [0.717, 1.165) is 41.8 Å². The third kappa shape index (κ3) is 3.24. The molecule has 1 fully saturated rings. The minimum Gasteiger partial charge on any atom is -0.346 e. The Morgan fingerprint density at radius 3 is 2.66 bits per heavy atom. The number of hydrogen-bond acceptors (Lipinski definition) is 2. The topological polar surface area (TPSA) is 46.9 Å². The summed E-state index contributed by atoms with van der Waals surface area (Å²) < 4.78 is 1.85. The van der Waals surface area contributed by atoms with Gasteiger partial charge in [-0.1, -0.05) is 53.0 Å². The molecule has 1 aromatic heterocycles. The summed E-state index contributed by atoms with van der Waals surface area (Å²) in [6, 6.07) is 12.8. The second-order valence-corrected chi connectivity index (χ2v) is 8.89. The molecule has 2 bridgehead atoms. The first kappa shape index (κ1) is 19.0. The number of benzene rings is 2. The Morgan fingerprint density at radius 2 is 1.86 bits per heavy atom. The van der Waals surface area contributed by atoms with Gasteiger partial charge < -0.3 is 5.32 Å². The van der Waals surface area contributed by atoms with Gasteiger partial charge in [-0.2, -0.15) is 5.10 Å². The zero-order valence-corrected chi connectivity index (χ0v) is 17.7. The van der Waals surface area contributed by atoms with Crippen LogP contribution in [0.4, 0.5) is 0 Å². The van der Waals surface area contributed by atoms with Gasteiger partial charge in [0.05, 0.1) is 16.4 Å². The number of amides is 1. The number of nitrogens with zero attached hydrogens (tertiary/aromatic N) is 2. The molecular formula is C22H18Cl3N3O. The van der Waals surface area contributed by atoms with E-state index in [4.69, 9.17) is 39.9 Å². The van der Waals surface area contributed by atoms with E-state index >= 15 is 0 Å². The highest BCUT2D eigenvalue weighted by molar-refractivity contribution is 6.35. The van der Waals surface area contributed by atoms with Gasteiger partial charge in [-0.3, -0.25) is 4.79 Å². The molecule has 1 amide bonds. The Balaban J connectivity index is 1.52. The van der Waals surface area contributed by atoms with Crippen LogP contribution in [0.15, 0.2) is 42.5 Å². The maximum absolute atomic E-state index is 13.1. The molecule has 0 spiro atoms. The van der Waals surface area contributed by atoms with Crippen molar-refractivity contribution in [3.8, 4) is 5.69 Å². The van der Waals surface area contributed by atoms with Crippen molar-refractivity contribution >= 4 is 40.7 Å². The van der Waals surface area contributed by atoms with Crippen LogP contribution in [0.1, 0.15) is 58.4 Å². The quantitative estimate of drug-likeness (QED) is 0.524. The van der Waals surface area contributed by atoms with E-state index in [1.165, 1.54) is 0 Å². The lowest BCUT2D eigenvalue weighted by atomic mass is 9.95. The van der Waals surface area contributed by atoms with Crippen LogP contribution in [-0.4, -0.2) is 15.7 Å². The van der Waals surface area contributed by atoms with E-state index in [-0.39, 0.29) is 5.91 Å². The fourth-order valence-corrected chi connectivity index (χ4v) is 5.33. The third-order valence-corrected chi connectivity index (χ3v) is 6.84. The number of nitrogens with one attached hydrogen (secondary N) is 1. The summed E-state index contributed by atoms with van der Waals surface area (Å²) in [6.07, 6.45) is 3.29. The summed E-state index contributed by atoms with van der Waals surface area (Å²) in [6.45, 7) is 0.357. The van der Waals surface area contributed by atoms with Crippen molar-refractivity contribution in [2.75, 3.05) is 0 Å². The van der Waals surface area contributed by atoms with Crippen molar-refractivity contribution < 1.29 is 4.79 Å². The molecule has 4 nitrogen and oxygen atoms in total. The molecule has 5 rings (SSSR count). The Bertz CT molecular complexity index is 1120. The molecule has 0 saturated heterocycles. The molecule has 7 heteroatoms. The standard InChI is InChI=1S/C22H18Cl3N3O/c23-15-7-8-18(17(25)10-15)28-21-13-6-5-12(9-13)19(21)20(27-28)22(29)26-11-14-3-1-2-4-16(14)24/h1-4,7-8,10,12-13H,5-6,9,11H2,(H,26,29)/t12-,13-/m0/s1. The van der Waals surface area contributed by atoms with Crippen molar-refractivity contribution in [1.29, 1.82) is 0 Å². The van der Waals surface area contributed by atoms with Crippen LogP contribution in [0.25, 0.3) is 5.69 Å². The monoisotopic (exact) mass is 445 g/mol. The zero-order chi connectivity index (χ0) is 20.1. The molecule has 2 aliphatic rings. The van der Waals surface area contributed by atoms with Crippen LogP contribution in [0, 0.1) is 0 Å². The molecule has 29 heavy (non-hydrogen) atoms. The van der Waals surface area contributed by atoms with Crippen LogP contribution in [0.2, 0.25) is 15.1 Å². The lowest BCUT2D eigenvalue weighted by Gasteiger charge is -2.15. The van der Waals surface area contributed by atoms with Crippen molar-refractivity contribution in [2.24, 2.45) is 0 Å². The Hall–Kier alpha value is -2.01. The number of carbonyl (C=O) groups excluding carboxylic acids is 1. The number of rotatable bonds is 4. The average Bonchev–Trinajstić information content (AvgIpc) is 3.40. The lowest BCUT2D eigenvalue weighted by molar-refractivity contribution is 0.0944. The fourth-order valence-electron chi connectivity index (χ4n) is 4.64. The third-order valence-electron chi connectivity index (χ3n) is 5.94. The number of hydrogen-bond donors (Lipinski definition) is 1. The summed E-state index contributed by atoms with van der Waals surface area (Å²) in [5.41, 5.74) is 4.31. The molecular weight excluding hydrogens is 429 g/mol. The van der Waals surface area contributed by atoms with Crippen LogP contribution >= 0.6 is 34.8 Å². The normalized spacial score (nSPS) is 19.4.